The molecular weight excluding hydrogens is 475 g/mol. The smallest absolute Gasteiger partial charge is 0.434 e. The standard InChI is InChI=1S/C24H23FN4O5S/c1-13-26-22(29-34-13)14-7-9-15(10-8-14)27-20(23(35-4)28-24(30)32-3)17-12-18(31-2)21-16(19(17)25)6-5-11-33-21/h7-10,12H,5-6,11H2,1-4H3/b27-20+,28-23-. The minimum absolute atomic E-state index is 0.140. The first kappa shape index (κ1) is 24.4. The molecule has 35 heavy (non-hydrogen) atoms. The summed E-state index contributed by atoms with van der Waals surface area (Å²) in [4.78, 5) is 24.8. The van der Waals surface area contributed by atoms with Gasteiger partial charge in [-0.2, -0.15) is 9.98 Å². The van der Waals surface area contributed by atoms with Crippen molar-refractivity contribution >= 4 is 34.3 Å². The first-order chi connectivity index (χ1) is 16.9. The minimum atomic E-state index is -0.821. The number of benzene rings is 2. The monoisotopic (exact) mass is 498 g/mol. The van der Waals surface area contributed by atoms with Crippen molar-refractivity contribution < 1.29 is 27.9 Å². The van der Waals surface area contributed by atoms with Crippen LogP contribution < -0.4 is 9.47 Å². The molecule has 1 aliphatic rings. The second kappa shape index (κ2) is 10.7. The van der Waals surface area contributed by atoms with E-state index in [4.69, 9.17) is 18.7 Å². The molecule has 1 amide bonds. The van der Waals surface area contributed by atoms with Crippen LogP contribution in [0.3, 0.4) is 0 Å². The van der Waals surface area contributed by atoms with Crippen molar-refractivity contribution in [1.82, 2.24) is 10.1 Å². The average Bonchev–Trinajstić information content (AvgIpc) is 3.33. The van der Waals surface area contributed by atoms with E-state index in [0.29, 0.717) is 53.9 Å². The Bertz CT molecular complexity index is 1300. The fourth-order valence-corrected chi connectivity index (χ4v) is 4.09. The van der Waals surface area contributed by atoms with Crippen molar-refractivity contribution in [2.45, 2.75) is 19.8 Å². The van der Waals surface area contributed by atoms with E-state index >= 15 is 4.39 Å². The number of thioether (sulfide) groups is 1. The number of fused-ring (bicyclic) bond motifs is 1. The molecule has 0 spiro atoms. The zero-order valence-electron chi connectivity index (χ0n) is 19.6. The van der Waals surface area contributed by atoms with Gasteiger partial charge in [-0.3, -0.25) is 0 Å². The fourth-order valence-electron chi connectivity index (χ4n) is 3.58. The van der Waals surface area contributed by atoms with E-state index in [2.05, 4.69) is 20.1 Å². The Morgan fingerprint density at radius 2 is 2.00 bits per heavy atom. The van der Waals surface area contributed by atoms with E-state index in [0.717, 1.165) is 17.3 Å². The summed E-state index contributed by atoms with van der Waals surface area (Å²) in [5, 5.41) is 4.10. The molecule has 0 saturated carbocycles. The molecule has 0 bridgehead atoms. The van der Waals surface area contributed by atoms with Gasteiger partial charge in [-0.15, -0.1) is 11.8 Å². The van der Waals surface area contributed by atoms with Gasteiger partial charge in [-0.05, 0) is 49.4 Å². The molecule has 4 rings (SSSR count). The Labute approximate surface area is 205 Å². The van der Waals surface area contributed by atoms with E-state index < -0.39 is 11.9 Å². The van der Waals surface area contributed by atoms with Gasteiger partial charge < -0.3 is 18.7 Å². The van der Waals surface area contributed by atoms with Gasteiger partial charge in [0.2, 0.25) is 11.7 Å². The average molecular weight is 499 g/mol. The van der Waals surface area contributed by atoms with Gasteiger partial charge in [0, 0.05) is 23.6 Å². The Kier molecular flexibility index (Phi) is 7.45. The third-order valence-electron chi connectivity index (χ3n) is 5.22. The second-order valence-electron chi connectivity index (χ2n) is 7.44. The number of halogens is 1. The third kappa shape index (κ3) is 5.19. The molecule has 0 aliphatic carbocycles. The maximum atomic E-state index is 15.8. The normalized spacial score (nSPS) is 13.7. The number of ether oxygens (including phenoxy) is 3. The summed E-state index contributed by atoms with van der Waals surface area (Å²) < 4.78 is 36.7. The summed E-state index contributed by atoms with van der Waals surface area (Å²) in [5.41, 5.74) is 1.94. The highest BCUT2D eigenvalue weighted by molar-refractivity contribution is 8.15. The lowest BCUT2D eigenvalue weighted by molar-refractivity contribution is 0.183. The van der Waals surface area contributed by atoms with Crippen LogP contribution in [-0.2, 0) is 11.2 Å². The van der Waals surface area contributed by atoms with E-state index in [1.807, 2.05) is 0 Å². The molecule has 11 heteroatoms. The summed E-state index contributed by atoms with van der Waals surface area (Å²) in [7, 11) is 2.71. The number of hydrogen-bond donors (Lipinski definition) is 0. The first-order valence-electron chi connectivity index (χ1n) is 10.7. The Morgan fingerprint density at radius 3 is 2.63 bits per heavy atom. The number of hydrogen-bond acceptors (Lipinski definition) is 9. The Balaban J connectivity index is 1.86. The molecule has 0 N–H and O–H groups in total. The molecule has 0 radical (unpaired) electrons. The predicted molar refractivity (Wildman–Crippen MR) is 131 cm³/mol. The van der Waals surface area contributed by atoms with Gasteiger partial charge in [0.15, 0.2) is 11.5 Å². The van der Waals surface area contributed by atoms with Gasteiger partial charge in [-0.1, -0.05) is 5.16 Å². The molecule has 2 aromatic carbocycles. The molecule has 2 heterocycles. The second-order valence-corrected chi connectivity index (χ2v) is 8.23. The number of amides is 1. The molecule has 0 unspecified atom stereocenters. The van der Waals surface area contributed by atoms with Crippen LogP contribution >= 0.6 is 11.8 Å². The number of rotatable bonds is 5. The van der Waals surface area contributed by atoms with Crippen molar-refractivity contribution in [3.8, 4) is 22.9 Å². The molecule has 0 fully saturated rings. The highest BCUT2D eigenvalue weighted by Gasteiger charge is 2.27. The molecular formula is C24H23FN4O5S. The summed E-state index contributed by atoms with van der Waals surface area (Å²) in [6, 6.07) is 8.52. The highest BCUT2D eigenvalue weighted by atomic mass is 32.2. The SMILES string of the molecule is COC(=O)/N=C(SC)/C(=N/c1ccc(-c2noc(C)n2)cc1)c1cc(OC)c2c(c1F)CCCO2. The lowest BCUT2D eigenvalue weighted by Gasteiger charge is -2.22. The van der Waals surface area contributed by atoms with Gasteiger partial charge in [0.1, 0.15) is 16.6 Å². The lowest BCUT2D eigenvalue weighted by atomic mass is 9.98. The number of aliphatic imine (C=N–C) groups is 2. The van der Waals surface area contributed by atoms with E-state index in [-0.39, 0.29) is 16.3 Å². The molecule has 9 nitrogen and oxygen atoms in total. The molecule has 1 aromatic heterocycles. The van der Waals surface area contributed by atoms with E-state index in [9.17, 15) is 4.79 Å². The first-order valence-corrected chi connectivity index (χ1v) is 11.9. The van der Waals surface area contributed by atoms with Crippen LogP contribution in [0.25, 0.3) is 11.4 Å². The van der Waals surface area contributed by atoms with E-state index in [1.165, 1.54) is 20.3 Å². The largest absolute Gasteiger partial charge is 0.493 e. The number of carbonyl (C=O) groups excluding carboxylic acids is 1. The van der Waals surface area contributed by atoms with Crippen molar-refractivity contribution in [1.29, 1.82) is 0 Å². The summed E-state index contributed by atoms with van der Waals surface area (Å²) in [6.45, 7) is 2.19. The Morgan fingerprint density at radius 1 is 1.23 bits per heavy atom. The van der Waals surface area contributed by atoms with Crippen LogP contribution in [0.15, 0.2) is 44.8 Å². The highest BCUT2D eigenvalue weighted by Crippen LogP contribution is 2.39. The molecule has 1 aliphatic heterocycles. The van der Waals surface area contributed by atoms with E-state index in [1.54, 1.807) is 37.4 Å². The summed E-state index contributed by atoms with van der Waals surface area (Å²) in [5.74, 6) is 1.17. The molecule has 3 aromatic rings. The fraction of sp³-hybridized carbons (Fsp3) is 0.292. The van der Waals surface area contributed by atoms with Crippen molar-refractivity contribution in [2.75, 3.05) is 27.1 Å². The van der Waals surface area contributed by atoms with Crippen LogP contribution in [-0.4, -0.2) is 54.1 Å². The van der Waals surface area contributed by atoms with Crippen molar-refractivity contribution in [3.05, 3.63) is 53.2 Å². The third-order valence-corrected chi connectivity index (χ3v) is 5.90. The van der Waals surface area contributed by atoms with Gasteiger partial charge in [-0.25, -0.2) is 14.2 Å². The van der Waals surface area contributed by atoms with Crippen molar-refractivity contribution in [2.24, 2.45) is 9.98 Å². The van der Waals surface area contributed by atoms with Gasteiger partial charge in [0.05, 0.1) is 26.5 Å². The predicted octanol–water partition coefficient (Wildman–Crippen LogP) is 5.17. The molecule has 0 atom stereocenters. The van der Waals surface area contributed by atoms with Crippen molar-refractivity contribution in [3.63, 3.8) is 0 Å². The van der Waals surface area contributed by atoms with Crippen LogP contribution in [0.2, 0.25) is 0 Å². The van der Waals surface area contributed by atoms with Gasteiger partial charge >= 0.3 is 6.09 Å². The zero-order chi connectivity index (χ0) is 24.9. The molecule has 182 valence electrons. The Hall–Kier alpha value is -3.73. The maximum absolute atomic E-state index is 15.8. The lowest BCUT2D eigenvalue weighted by Crippen LogP contribution is -2.19. The van der Waals surface area contributed by atoms with Crippen LogP contribution in [0.1, 0.15) is 23.4 Å². The molecule has 0 saturated heterocycles. The van der Waals surface area contributed by atoms with Crippen LogP contribution in [0.5, 0.6) is 11.5 Å². The maximum Gasteiger partial charge on any atom is 0.434 e. The number of methoxy groups -OCH3 is 2. The van der Waals surface area contributed by atoms with Crippen LogP contribution in [0, 0.1) is 12.7 Å². The van der Waals surface area contributed by atoms with Gasteiger partial charge in [0.25, 0.3) is 0 Å². The number of nitrogens with zero attached hydrogens (tertiary/aromatic N) is 4. The number of carbonyl (C=O) groups is 1. The van der Waals surface area contributed by atoms with Crippen LogP contribution in [0.4, 0.5) is 14.9 Å². The summed E-state index contributed by atoms with van der Waals surface area (Å²) >= 11 is 1.15. The topological polar surface area (TPSA) is 108 Å². The number of aryl methyl sites for hydroxylation is 1. The minimum Gasteiger partial charge on any atom is -0.493 e. The number of aromatic nitrogens is 2. The summed E-state index contributed by atoms with van der Waals surface area (Å²) in [6.07, 6.45) is 2.06. The zero-order valence-corrected chi connectivity index (χ0v) is 20.4. The quantitative estimate of drug-likeness (QED) is 0.350.